The monoisotopic (exact) mass is 175 g/mol. The molecule has 0 saturated carbocycles. The minimum absolute atomic E-state index is 0.642. The SMILES string of the molecule is C=C/C=C(/Cn1cc(C)cn1)N=C. The van der Waals surface area contributed by atoms with Gasteiger partial charge in [0.1, 0.15) is 0 Å². The van der Waals surface area contributed by atoms with E-state index in [0.29, 0.717) is 6.54 Å². The number of hydrogen-bond acceptors (Lipinski definition) is 2. The molecule has 0 aliphatic rings. The summed E-state index contributed by atoms with van der Waals surface area (Å²) in [5.74, 6) is 0. The lowest BCUT2D eigenvalue weighted by Gasteiger charge is -1.99. The fourth-order valence-electron chi connectivity index (χ4n) is 1.01. The Morgan fingerprint density at radius 3 is 3.00 bits per heavy atom. The van der Waals surface area contributed by atoms with Crippen molar-refractivity contribution in [2.75, 3.05) is 0 Å². The highest BCUT2D eigenvalue weighted by Gasteiger charge is 1.96. The summed E-state index contributed by atoms with van der Waals surface area (Å²) in [7, 11) is 0. The molecule has 0 fully saturated rings. The van der Waals surface area contributed by atoms with E-state index in [1.165, 1.54) is 0 Å². The zero-order valence-electron chi connectivity index (χ0n) is 7.77. The summed E-state index contributed by atoms with van der Waals surface area (Å²) >= 11 is 0. The van der Waals surface area contributed by atoms with Gasteiger partial charge in [-0.1, -0.05) is 12.7 Å². The Bertz CT molecular complexity index is 334. The van der Waals surface area contributed by atoms with Crippen LogP contribution in [0.1, 0.15) is 5.56 Å². The topological polar surface area (TPSA) is 30.2 Å². The maximum atomic E-state index is 4.14. The third-order valence-electron chi connectivity index (χ3n) is 1.60. The molecule has 0 saturated heterocycles. The molecule has 0 radical (unpaired) electrons. The van der Waals surface area contributed by atoms with Gasteiger partial charge in [-0.15, -0.1) is 0 Å². The summed E-state index contributed by atoms with van der Waals surface area (Å²) in [6.07, 6.45) is 7.29. The lowest BCUT2D eigenvalue weighted by atomic mass is 10.4. The quantitative estimate of drug-likeness (QED) is 0.508. The molecule has 0 spiro atoms. The van der Waals surface area contributed by atoms with E-state index in [9.17, 15) is 0 Å². The van der Waals surface area contributed by atoms with Crippen LogP contribution in [-0.2, 0) is 6.54 Å². The molecule has 3 heteroatoms. The predicted molar refractivity (Wildman–Crippen MR) is 54.8 cm³/mol. The maximum Gasteiger partial charge on any atom is 0.0831 e. The summed E-state index contributed by atoms with van der Waals surface area (Å²) in [6, 6.07) is 0. The van der Waals surface area contributed by atoms with E-state index < -0.39 is 0 Å². The van der Waals surface area contributed by atoms with Crippen LogP contribution in [0.5, 0.6) is 0 Å². The Morgan fingerprint density at radius 1 is 1.77 bits per heavy atom. The van der Waals surface area contributed by atoms with Crippen molar-refractivity contribution in [3.05, 3.63) is 42.4 Å². The molecule has 0 aliphatic carbocycles. The first kappa shape index (κ1) is 9.45. The number of allylic oxidation sites excluding steroid dienone is 3. The normalized spacial score (nSPS) is 11.3. The molecular weight excluding hydrogens is 162 g/mol. The van der Waals surface area contributed by atoms with Gasteiger partial charge in [0.15, 0.2) is 0 Å². The highest BCUT2D eigenvalue weighted by molar-refractivity contribution is 5.29. The zero-order valence-corrected chi connectivity index (χ0v) is 7.77. The van der Waals surface area contributed by atoms with E-state index in [1.54, 1.807) is 6.08 Å². The fraction of sp³-hybridized carbons (Fsp3) is 0.200. The van der Waals surface area contributed by atoms with Crippen molar-refractivity contribution in [2.24, 2.45) is 4.99 Å². The van der Waals surface area contributed by atoms with E-state index in [0.717, 1.165) is 11.3 Å². The van der Waals surface area contributed by atoms with E-state index in [-0.39, 0.29) is 0 Å². The smallest absolute Gasteiger partial charge is 0.0831 e. The highest BCUT2D eigenvalue weighted by Crippen LogP contribution is 2.02. The van der Waals surface area contributed by atoms with Crippen molar-refractivity contribution in [3.63, 3.8) is 0 Å². The van der Waals surface area contributed by atoms with Crippen LogP contribution in [0, 0.1) is 6.92 Å². The number of rotatable bonds is 4. The van der Waals surface area contributed by atoms with Crippen LogP contribution in [0.15, 0.2) is 41.8 Å². The van der Waals surface area contributed by atoms with Crippen molar-refractivity contribution in [2.45, 2.75) is 13.5 Å². The van der Waals surface area contributed by atoms with Crippen LogP contribution >= 0.6 is 0 Å². The minimum atomic E-state index is 0.642. The summed E-state index contributed by atoms with van der Waals surface area (Å²) in [5.41, 5.74) is 2.00. The number of aromatic nitrogens is 2. The second-order valence-electron chi connectivity index (χ2n) is 2.77. The second-order valence-corrected chi connectivity index (χ2v) is 2.77. The molecular formula is C10H13N3. The van der Waals surface area contributed by atoms with Crippen molar-refractivity contribution < 1.29 is 0 Å². The first-order valence-corrected chi connectivity index (χ1v) is 4.03. The minimum Gasteiger partial charge on any atom is -0.267 e. The molecule has 1 heterocycles. The summed E-state index contributed by atoms with van der Waals surface area (Å²) in [4.78, 5) is 3.86. The fourth-order valence-corrected chi connectivity index (χ4v) is 1.01. The molecule has 0 aromatic carbocycles. The van der Waals surface area contributed by atoms with Crippen LogP contribution in [-0.4, -0.2) is 16.5 Å². The molecule has 1 aromatic heterocycles. The molecule has 3 nitrogen and oxygen atoms in total. The number of aliphatic imine (C=N–C) groups is 1. The largest absolute Gasteiger partial charge is 0.267 e. The van der Waals surface area contributed by atoms with Crippen molar-refractivity contribution in [1.29, 1.82) is 0 Å². The molecule has 1 rings (SSSR count). The molecule has 13 heavy (non-hydrogen) atoms. The molecule has 1 aromatic rings. The standard InChI is InChI=1S/C10H13N3/c1-4-5-10(11-3)8-13-7-9(2)6-12-13/h4-7H,1,3,8H2,2H3/b10-5-. The molecule has 0 N–H and O–H groups in total. The van der Waals surface area contributed by atoms with Gasteiger partial charge in [0, 0.05) is 6.20 Å². The average Bonchev–Trinajstić information content (AvgIpc) is 2.50. The lowest BCUT2D eigenvalue weighted by Crippen LogP contribution is -1.99. The Labute approximate surface area is 78.1 Å². The third kappa shape index (κ3) is 2.71. The van der Waals surface area contributed by atoms with E-state index in [2.05, 4.69) is 23.4 Å². The van der Waals surface area contributed by atoms with Gasteiger partial charge in [-0.05, 0) is 25.3 Å². The van der Waals surface area contributed by atoms with Gasteiger partial charge in [0.2, 0.25) is 0 Å². The van der Waals surface area contributed by atoms with E-state index in [4.69, 9.17) is 0 Å². The van der Waals surface area contributed by atoms with Gasteiger partial charge < -0.3 is 0 Å². The van der Waals surface area contributed by atoms with Gasteiger partial charge in [-0.25, -0.2) is 0 Å². The number of nitrogens with zero attached hydrogens (tertiary/aromatic N) is 3. The summed E-state index contributed by atoms with van der Waals surface area (Å²) in [6.45, 7) is 9.72. The first-order valence-electron chi connectivity index (χ1n) is 4.03. The molecule has 0 amide bonds. The Kier molecular flexibility index (Phi) is 3.20. The number of hydrogen-bond donors (Lipinski definition) is 0. The Morgan fingerprint density at radius 2 is 2.54 bits per heavy atom. The van der Waals surface area contributed by atoms with Gasteiger partial charge in [0.25, 0.3) is 0 Å². The van der Waals surface area contributed by atoms with Crippen molar-refractivity contribution >= 4 is 6.72 Å². The second kappa shape index (κ2) is 4.40. The van der Waals surface area contributed by atoms with Crippen LogP contribution in [0.25, 0.3) is 0 Å². The molecule has 0 aliphatic heterocycles. The van der Waals surface area contributed by atoms with Gasteiger partial charge in [-0.3, -0.25) is 9.67 Å². The van der Waals surface area contributed by atoms with Crippen LogP contribution in [0.4, 0.5) is 0 Å². The van der Waals surface area contributed by atoms with Gasteiger partial charge >= 0.3 is 0 Å². The Hall–Kier alpha value is -1.64. The first-order chi connectivity index (χ1) is 6.26. The third-order valence-corrected chi connectivity index (χ3v) is 1.60. The zero-order chi connectivity index (χ0) is 9.68. The molecule has 68 valence electrons. The van der Waals surface area contributed by atoms with Crippen molar-refractivity contribution in [1.82, 2.24) is 9.78 Å². The molecule has 0 unspecified atom stereocenters. The van der Waals surface area contributed by atoms with Gasteiger partial charge in [0.05, 0.1) is 18.4 Å². The van der Waals surface area contributed by atoms with E-state index >= 15 is 0 Å². The summed E-state index contributed by atoms with van der Waals surface area (Å²) < 4.78 is 1.82. The molecule has 0 atom stereocenters. The average molecular weight is 175 g/mol. The molecule has 0 bridgehead atoms. The predicted octanol–water partition coefficient (Wildman–Crippen LogP) is 1.96. The van der Waals surface area contributed by atoms with Crippen LogP contribution in [0.2, 0.25) is 0 Å². The van der Waals surface area contributed by atoms with Crippen LogP contribution < -0.4 is 0 Å². The maximum absolute atomic E-state index is 4.14. The highest BCUT2D eigenvalue weighted by atomic mass is 15.3. The Balaban J connectivity index is 2.72. The number of aryl methyl sites for hydroxylation is 1. The van der Waals surface area contributed by atoms with E-state index in [1.807, 2.05) is 30.1 Å². The van der Waals surface area contributed by atoms with Gasteiger partial charge in [-0.2, -0.15) is 5.10 Å². The lowest BCUT2D eigenvalue weighted by molar-refractivity contribution is 0.673. The van der Waals surface area contributed by atoms with Crippen molar-refractivity contribution in [3.8, 4) is 0 Å². The summed E-state index contributed by atoms with van der Waals surface area (Å²) in [5, 5.41) is 4.14. The van der Waals surface area contributed by atoms with Crippen LogP contribution in [0.3, 0.4) is 0 Å².